The van der Waals surface area contributed by atoms with Crippen molar-refractivity contribution in [2.24, 2.45) is 0 Å². The zero-order valence-electron chi connectivity index (χ0n) is 6.45. The van der Waals surface area contributed by atoms with Gasteiger partial charge in [0.2, 0.25) is 0 Å². The molecule has 0 unspecified atom stereocenters. The molecule has 0 bridgehead atoms. The molecule has 1 aromatic rings. The number of phenolic OH excluding ortho intramolecular Hbond substituents is 1. The summed E-state index contributed by atoms with van der Waals surface area (Å²) in [7, 11) is -4.67. The molecule has 0 heterocycles. The van der Waals surface area contributed by atoms with E-state index in [1.165, 1.54) is 0 Å². The summed E-state index contributed by atoms with van der Waals surface area (Å²) < 4.78 is 31.6. The number of hydrogen-bond acceptors (Lipinski definition) is 4. The van der Waals surface area contributed by atoms with Crippen LogP contribution in [0.25, 0.3) is 0 Å². The number of nitrogen functional groups attached to an aromatic ring is 1. The second-order valence-electron chi connectivity index (χ2n) is 2.01. The molecule has 13 heavy (non-hydrogen) atoms. The lowest BCUT2D eigenvalue weighted by Crippen LogP contribution is -1.89. The minimum absolute atomic E-state index is 0.146. The van der Waals surface area contributed by atoms with Crippen molar-refractivity contribution in [1.82, 2.24) is 0 Å². The molecule has 0 saturated carbocycles. The predicted molar refractivity (Wildman–Crippen MR) is 46.7 cm³/mol. The topological polar surface area (TPSA) is 121 Å². The normalized spacial score (nSPS) is 10.0. The van der Waals surface area contributed by atoms with Gasteiger partial charge < -0.3 is 10.8 Å². The SMILES string of the molecule is Nc1ccccc1O.O=S(=O)(O)O. The minimum atomic E-state index is -4.67. The lowest BCUT2D eigenvalue weighted by atomic mass is 10.3. The van der Waals surface area contributed by atoms with Crippen LogP contribution in [0.15, 0.2) is 24.3 Å². The lowest BCUT2D eigenvalue weighted by molar-refractivity contribution is 0.381. The van der Waals surface area contributed by atoms with Crippen LogP contribution in [-0.2, 0) is 10.4 Å². The summed E-state index contributed by atoms with van der Waals surface area (Å²) in [4.78, 5) is 0. The molecule has 0 amide bonds. The molecule has 0 saturated heterocycles. The Kier molecular flexibility index (Phi) is 4.18. The first kappa shape index (κ1) is 11.7. The van der Waals surface area contributed by atoms with Crippen LogP contribution in [0.1, 0.15) is 0 Å². The molecule has 5 N–H and O–H groups in total. The van der Waals surface area contributed by atoms with Gasteiger partial charge in [0, 0.05) is 0 Å². The third-order valence-electron chi connectivity index (χ3n) is 0.937. The molecule has 0 atom stereocenters. The fourth-order valence-electron chi connectivity index (χ4n) is 0.488. The Labute approximate surface area is 75.2 Å². The fraction of sp³-hybridized carbons (Fsp3) is 0. The Morgan fingerprint density at radius 2 is 1.54 bits per heavy atom. The number of anilines is 1. The maximum atomic E-state index is 8.79. The number of nitrogens with two attached hydrogens (primary N) is 1. The highest BCUT2D eigenvalue weighted by Crippen LogP contribution is 2.16. The smallest absolute Gasteiger partial charge is 0.394 e. The largest absolute Gasteiger partial charge is 0.506 e. The van der Waals surface area contributed by atoms with E-state index in [0.717, 1.165) is 0 Å². The molecule has 1 aromatic carbocycles. The standard InChI is InChI=1S/C6H7NO.H2O4S/c7-5-3-1-2-4-6(5)8;1-5(2,3)4/h1-4,8H,7H2;(H2,1,2,3,4). The molecule has 1 rings (SSSR count). The van der Waals surface area contributed by atoms with Gasteiger partial charge in [-0.25, -0.2) is 0 Å². The van der Waals surface area contributed by atoms with Crippen LogP contribution in [0, 0.1) is 0 Å². The highest BCUT2D eigenvalue weighted by molar-refractivity contribution is 7.79. The summed E-state index contributed by atoms with van der Waals surface area (Å²) in [5.41, 5.74) is 5.69. The van der Waals surface area contributed by atoms with E-state index in [1.807, 2.05) is 0 Å². The Balaban J connectivity index is 0.000000252. The van der Waals surface area contributed by atoms with Gasteiger partial charge in [0.1, 0.15) is 5.75 Å². The fourth-order valence-corrected chi connectivity index (χ4v) is 0.488. The van der Waals surface area contributed by atoms with Crippen LogP contribution < -0.4 is 5.73 Å². The Morgan fingerprint density at radius 1 is 1.15 bits per heavy atom. The molecule has 0 radical (unpaired) electrons. The van der Waals surface area contributed by atoms with Gasteiger partial charge in [0.05, 0.1) is 5.69 Å². The highest BCUT2D eigenvalue weighted by atomic mass is 32.3. The molecule has 0 aliphatic heterocycles. The van der Waals surface area contributed by atoms with Gasteiger partial charge in [-0.2, -0.15) is 8.42 Å². The third kappa shape index (κ3) is 8.60. The van der Waals surface area contributed by atoms with E-state index in [1.54, 1.807) is 24.3 Å². The van der Waals surface area contributed by atoms with Crippen molar-refractivity contribution in [2.45, 2.75) is 0 Å². The predicted octanol–water partition coefficient (Wildman–Crippen LogP) is 0.322. The van der Waals surface area contributed by atoms with E-state index >= 15 is 0 Å². The second kappa shape index (κ2) is 4.65. The molecule has 74 valence electrons. The quantitative estimate of drug-likeness (QED) is 0.276. The number of rotatable bonds is 0. The van der Waals surface area contributed by atoms with E-state index in [2.05, 4.69) is 0 Å². The first-order valence-electron chi connectivity index (χ1n) is 3.04. The summed E-state index contributed by atoms with van der Waals surface area (Å²) >= 11 is 0. The van der Waals surface area contributed by atoms with Crippen LogP contribution in [0.5, 0.6) is 5.75 Å². The molecule has 0 spiro atoms. The van der Waals surface area contributed by atoms with E-state index < -0.39 is 10.4 Å². The average molecular weight is 207 g/mol. The number of aromatic hydroxyl groups is 1. The summed E-state index contributed by atoms with van der Waals surface area (Å²) in [6, 6.07) is 6.70. The average Bonchev–Trinajstić information content (AvgIpc) is 1.92. The van der Waals surface area contributed by atoms with Gasteiger partial charge >= 0.3 is 10.4 Å². The minimum Gasteiger partial charge on any atom is -0.506 e. The van der Waals surface area contributed by atoms with Crippen LogP contribution >= 0.6 is 0 Å². The molecule has 0 aliphatic carbocycles. The van der Waals surface area contributed by atoms with E-state index in [-0.39, 0.29) is 5.75 Å². The zero-order chi connectivity index (χ0) is 10.5. The Bertz CT molecular complexity index is 332. The molecule has 0 aliphatic rings. The monoisotopic (exact) mass is 207 g/mol. The van der Waals surface area contributed by atoms with Crippen molar-refractivity contribution < 1.29 is 22.6 Å². The number of phenols is 1. The summed E-state index contributed by atoms with van der Waals surface area (Å²) in [5.74, 6) is 0.146. The Hall–Kier alpha value is -1.31. The zero-order valence-corrected chi connectivity index (χ0v) is 7.27. The van der Waals surface area contributed by atoms with Gasteiger partial charge in [-0.05, 0) is 12.1 Å². The van der Waals surface area contributed by atoms with Gasteiger partial charge in [-0.15, -0.1) is 0 Å². The van der Waals surface area contributed by atoms with E-state index in [9.17, 15) is 0 Å². The number of benzene rings is 1. The van der Waals surface area contributed by atoms with Crippen LogP contribution in [-0.4, -0.2) is 22.6 Å². The van der Waals surface area contributed by atoms with Crippen molar-refractivity contribution in [3.05, 3.63) is 24.3 Å². The van der Waals surface area contributed by atoms with Crippen molar-refractivity contribution in [1.29, 1.82) is 0 Å². The third-order valence-corrected chi connectivity index (χ3v) is 0.937. The lowest BCUT2D eigenvalue weighted by Gasteiger charge is -1.92. The van der Waals surface area contributed by atoms with Crippen LogP contribution in [0.3, 0.4) is 0 Å². The van der Waals surface area contributed by atoms with Gasteiger partial charge in [-0.3, -0.25) is 9.11 Å². The van der Waals surface area contributed by atoms with Gasteiger partial charge in [0.15, 0.2) is 0 Å². The summed E-state index contributed by atoms with van der Waals surface area (Å²) in [5, 5.41) is 8.79. The first-order chi connectivity index (χ1) is 5.80. The molecule has 6 nitrogen and oxygen atoms in total. The van der Waals surface area contributed by atoms with Crippen LogP contribution in [0.2, 0.25) is 0 Å². The highest BCUT2D eigenvalue weighted by Gasteiger charge is 1.87. The molecule has 0 aromatic heterocycles. The second-order valence-corrected chi connectivity index (χ2v) is 2.90. The molecular formula is C6H9NO5S. The van der Waals surface area contributed by atoms with Crippen molar-refractivity contribution in [3.8, 4) is 5.75 Å². The molecule has 0 fully saturated rings. The Morgan fingerprint density at radius 3 is 1.77 bits per heavy atom. The van der Waals surface area contributed by atoms with Crippen molar-refractivity contribution >= 4 is 16.1 Å². The number of hydrogen-bond donors (Lipinski definition) is 4. The van der Waals surface area contributed by atoms with E-state index in [0.29, 0.717) is 5.69 Å². The van der Waals surface area contributed by atoms with E-state index in [4.69, 9.17) is 28.4 Å². The maximum absolute atomic E-state index is 8.79. The summed E-state index contributed by atoms with van der Waals surface area (Å²) in [6.07, 6.45) is 0. The molecular weight excluding hydrogens is 198 g/mol. The molecule has 7 heteroatoms. The van der Waals surface area contributed by atoms with Crippen LogP contribution in [0.4, 0.5) is 5.69 Å². The van der Waals surface area contributed by atoms with Gasteiger partial charge in [-0.1, -0.05) is 12.1 Å². The number of para-hydroxylation sites is 2. The van der Waals surface area contributed by atoms with Gasteiger partial charge in [0.25, 0.3) is 0 Å². The maximum Gasteiger partial charge on any atom is 0.394 e. The summed E-state index contributed by atoms with van der Waals surface area (Å²) in [6.45, 7) is 0. The first-order valence-corrected chi connectivity index (χ1v) is 4.44. The van der Waals surface area contributed by atoms with Crippen molar-refractivity contribution in [2.75, 3.05) is 5.73 Å². The van der Waals surface area contributed by atoms with Crippen molar-refractivity contribution in [3.63, 3.8) is 0 Å².